The summed E-state index contributed by atoms with van der Waals surface area (Å²) in [6, 6.07) is 3.10. The van der Waals surface area contributed by atoms with Gasteiger partial charge < -0.3 is 19.4 Å². The lowest BCUT2D eigenvalue weighted by Crippen LogP contribution is -2.38. The average molecular weight is 393 g/mol. The number of aromatic nitrogens is 2. The zero-order valence-electron chi connectivity index (χ0n) is 14.8. The molecule has 0 spiro atoms. The van der Waals surface area contributed by atoms with E-state index >= 15 is 0 Å². The smallest absolute Gasteiger partial charge is 0.289 e. The van der Waals surface area contributed by atoms with Crippen molar-refractivity contribution in [3.63, 3.8) is 0 Å². The second-order valence-corrected chi connectivity index (χ2v) is 7.18. The van der Waals surface area contributed by atoms with E-state index in [-0.39, 0.29) is 28.9 Å². The Hall–Kier alpha value is -2.32. The zero-order chi connectivity index (χ0) is 18.8. The number of rotatable bonds is 4. The zero-order valence-corrected chi connectivity index (χ0v) is 15.6. The third-order valence-electron chi connectivity index (χ3n) is 4.98. The van der Waals surface area contributed by atoms with Gasteiger partial charge in [0.15, 0.2) is 16.7 Å². The van der Waals surface area contributed by atoms with Gasteiger partial charge in [0.1, 0.15) is 0 Å². The highest BCUT2D eigenvalue weighted by Crippen LogP contribution is 2.23. The van der Waals surface area contributed by atoms with Gasteiger partial charge in [0, 0.05) is 25.3 Å². The molecule has 0 aromatic carbocycles. The highest BCUT2D eigenvalue weighted by Gasteiger charge is 2.29. The Kier molecular flexibility index (Phi) is 5.18. The van der Waals surface area contributed by atoms with E-state index in [9.17, 15) is 9.59 Å². The normalized spacial score (nSPS) is 19.6. The largest absolute Gasteiger partial charge is 0.440 e. The summed E-state index contributed by atoms with van der Waals surface area (Å²) in [5.74, 6) is -0.240. The van der Waals surface area contributed by atoms with Crippen molar-refractivity contribution in [1.82, 2.24) is 20.4 Å². The number of halogens is 1. The average Bonchev–Trinajstić information content (AvgIpc) is 3.32. The second kappa shape index (κ2) is 7.74. The molecule has 144 valence electrons. The molecule has 8 nitrogen and oxygen atoms in total. The fourth-order valence-corrected chi connectivity index (χ4v) is 3.67. The van der Waals surface area contributed by atoms with E-state index in [2.05, 4.69) is 15.5 Å². The highest BCUT2D eigenvalue weighted by molar-refractivity contribution is 6.29. The first-order chi connectivity index (χ1) is 13.1. The number of H-pyrrole nitrogens is 1. The van der Waals surface area contributed by atoms with Crippen LogP contribution in [-0.2, 0) is 17.7 Å². The standard InChI is InChI=1S/C18H21ClN4O4/c19-15-5-4-14(27-15)18(25)23-7-6-12-13(10-23)21-22-16(12)17(24)20-9-11-3-1-2-8-26-11/h4-5,11H,1-3,6-10H2,(H,20,24)(H,21,22). The van der Waals surface area contributed by atoms with Gasteiger partial charge in [-0.1, -0.05) is 0 Å². The quantitative estimate of drug-likeness (QED) is 0.830. The minimum Gasteiger partial charge on any atom is -0.440 e. The first-order valence-corrected chi connectivity index (χ1v) is 9.50. The lowest BCUT2D eigenvalue weighted by atomic mass is 10.0. The van der Waals surface area contributed by atoms with Gasteiger partial charge in [-0.15, -0.1) is 0 Å². The van der Waals surface area contributed by atoms with Crippen LogP contribution in [0.15, 0.2) is 16.5 Å². The highest BCUT2D eigenvalue weighted by atomic mass is 35.5. The van der Waals surface area contributed by atoms with Crippen LogP contribution in [0.4, 0.5) is 0 Å². The second-order valence-electron chi connectivity index (χ2n) is 6.81. The monoisotopic (exact) mass is 392 g/mol. The Labute approximate surface area is 161 Å². The minimum absolute atomic E-state index is 0.0747. The maximum Gasteiger partial charge on any atom is 0.289 e. The SMILES string of the molecule is O=C(NCC1CCCCO1)c1n[nH]c2c1CCN(C(=O)c1ccc(Cl)o1)C2. The number of hydrogen-bond donors (Lipinski definition) is 2. The number of furan rings is 1. The van der Waals surface area contributed by atoms with E-state index in [4.69, 9.17) is 20.8 Å². The summed E-state index contributed by atoms with van der Waals surface area (Å²) in [4.78, 5) is 26.6. The van der Waals surface area contributed by atoms with E-state index in [0.717, 1.165) is 37.1 Å². The summed E-state index contributed by atoms with van der Waals surface area (Å²) in [6.07, 6.45) is 3.80. The third kappa shape index (κ3) is 3.86. The van der Waals surface area contributed by atoms with Crippen LogP contribution >= 0.6 is 11.6 Å². The predicted octanol–water partition coefficient (Wildman–Crippen LogP) is 2.15. The molecule has 0 saturated carbocycles. The number of aromatic amines is 1. The molecule has 2 aromatic heterocycles. The van der Waals surface area contributed by atoms with Gasteiger partial charge in [-0.3, -0.25) is 14.7 Å². The van der Waals surface area contributed by atoms with Crippen LogP contribution in [0.2, 0.25) is 5.22 Å². The van der Waals surface area contributed by atoms with E-state index in [0.29, 0.717) is 31.7 Å². The number of hydrogen-bond acceptors (Lipinski definition) is 5. The van der Waals surface area contributed by atoms with Crippen LogP contribution in [0, 0.1) is 0 Å². The molecule has 0 bridgehead atoms. The third-order valence-corrected chi connectivity index (χ3v) is 5.19. The van der Waals surface area contributed by atoms with Crippen molar-refractivity contribution >= 4 is 23.4 Å². The molecule has 27 heavy (non-hydrogen) atoms. The summed E-state index contributed by atoms with van der Waals surface area (Å²) in [7, 11) is 0. The molecule has 1 unspecified atom stereocenters. The first-order valence-electron chi connectivity index (χ1n) is 9.12. The molecule has 1 saturated heterocycles. The Morgan fingerprint density at radius 1 is 1.37 bits per heavy atom. The topological polar surface area (TPSA) is 100 Å². The number of carbonyl (C=O) groups is 2. The fraction of sp³-hybridized carbons (Fsp3) is 0.500. The molecule has 2 N–H and O–H groups in total. The lowest BCUT2D eigenvalue weighted by Gasteiger charge is -2.26. The summed E-state index contributed by atoms with van der Waals surface area (Å²) in [5.41, 5.74) is 2.03. The Morgan fingerprint density at radius 3 is 3.00 bits per heavy atom. The summed E-state index contributed by atoms with van der Waals surface area (Å²) in [5, 5.41) is 10.2. The van der Waals surface area contributed by atoms with Gasteiger partial charge in [0.2, 0.25) is 0 Å². The van der Waals surface area contributed by atoms with Crippen LogP contribution in [0.5, 0.6) is 0 Å². The number of ether oxygens (including phenoxy) is 1. The van der Waals surface area contributed by atoms with Gasteiger partial charge in [0.25, 0.3) is 11.8 Å². The van der Waals surface area contributed by atoms with Crippen LogP contribution < -0.4 is 5.32 Å². The fourth-order valence-electron chi connectivity index (χ4n) is 3.52. The Bertz CT molecular complexity index is 840. The number of fused-ring (bicyclic) bond motifs is 1. The van der Waals surface area contributed by atoms with Crippen molar-refractivity contribution in [3.05, 3.63) is 40.1 Å². The van der Waals surface area contributed by atoms with Crippen molar-refractivity contribution in [2.75, 3.05) is 19.7 Å². The van der Waals surface area contributed by atoms with E-state index in [1.165, 1.54) is 0 Å². The molecular formula is C18H21ClN4O4. The Morgan fingerprint density at radius 2 is 2.26 bits per heavy atom. The van der Waals surface area contributed by atoms with Gasteiger partial charge in [-0.05, 0) is 49.4 Å². The molecule has 2 amide bonds. The van der Waals surface area contributed by atoms with Crippen molar-refractivity contribution in [3.8, 4) is 0 Å². The number of nitrogens with zero attached hydrogens (tertiary/aromatic N) is 2. The van der Waals surface area contributed by atoms with E-state index in [1.54, 1.807) is 17.0 Å². The van der Waals surface area contributed by atoms with Crippen LogP contribution in [-0.4, -0.2) is 52.7 Å². The van der Waals surface area contributed by atoms with Gasteiger partial charge in [0.05, 0.1) is 18.3 Å². The molecule has 1 fully saturated rings. The maximum absolute atomic E-state index is 12.5. The number of carbonyl (C=O) groups excluding carboxylic acids is 2. The van der Waals surface area contributed by atoms with Crippen molar-refractivity contribution in [2.45, 2.75) is 38.3 Å². The molecule has 4 heterocycles. The molecule has 2 aliphatic heterocycles. The van der Waals surface area contributed by atoms with Gasteiger partial charge in [-0.25, -0.2) is 0 Å². The Balaban J connectivity index is 1.39. The number of amides is 2. The van der Waals surface area contributed by atoms with Crippen LogP contribution in [0.25, 0.3) is 0 Å². The summed E-state index contributed by atoms with van der Waals surface area (Å²) in [6.45, 7) is 2.07. The summed E-state index contributed by atoms with van der Waals surface area (Å²) < 4.78 is 10.8. The van der Waals surface area contributed by atoms with Crippen molar-refractivity contribution in [1.29, 1.82) is 0 Å². The first kappa shape index (κ1) is 18.1. The molecule has 2 aromatic rings. The number of nitrogens with one attached hydrogen (secondary N) is 2. The van der Waals surface area contributed by atoms with E-state index < -0.39 is 0 Å². The molecule has 0 aliphatic carbocycles. The maximum atomic E-state index is 12.5. The molecule has 2 aliphatic rings. The molecular weight excluding hydrogens is 372 g/mol. The summed E-state index contributed by atoms with van der Waals surface area (Å²) >= 11 is 5.74. The molecule has 0 radical (unpaired) electrons. The lowest BCUT2D eigenvalue weighted by molar-refractivity contribution is 0.0168. The predicted molar refractivity (Wildman–Crippen MR) is 96.7 cm³/mol. The molecule has 9 heteroatoms. The van der Waals surface area contributed by atoms with Crippen LogP contribution in [0.1, 0.15) is 51.6 Å². The van der Waals surface area contributed by atoms with Gasteiger partial charge >= 0.3 is 0 Å². The molecule has 1 atom stereocenters. The van der Waals surface area contributed by atoms with Crippen molar-refractivity contribution < 1.29 is 18.7 Å². The minimum atomic E-state index is -0.234. The molecule has 4 rings (SSSR count). The van der Waals surface area contributed by atoms with Crippen LogP contribution in [0.3, 0.4) is 0 Å². The van der Waals surface area contributed by atoms with Gasteiger partial charge in [-0.2, -0.15) is 5.10 Å². The van der Waals surface area contributed by atoms with Crippen molar-refractivity contribution in [2.24, 2.45) is 0 Å². The van der Waals surface area contributed by atoms with E-state index in [1.807, 2.05) is 0 Å².